The van der Waals surface area contributed by atoms with E-state index in [0.29, 0.717) is 24.7 Å². The van der Waals surface area contributed by atoms with Crippen LogP contribution in [0.15, 0.2) is 54.6 Å². The van der Waals surface area contributed by atoms with E-state index in [1.165, 1.54) is 0 Å². The minimum atomic E-state index is -0.109. The lowest BCUT2D eigenvalue weighted by Crippen LogP contribution is -2.25. The zero-order chi connectivity index (χ0) is 18.2. The number of carbonyl (C=O) groups is 1. The van der Waals surface area contributed by atoms with Gasteiger partial charge in [0.05, 0.1) is 20.1 Å². The maximum atomic E-state index is 12.0. The van der Waals surface area contributed by atoms with Crippen LogP contribution in [-0.2, 0) is 24.3 Å². The lowest BCUT2D eigenvalue weighted by atomic mass is 10.2. The first-order valence-electron chi connectivity index (χ1n) is 8.31. The van der Waals surface area contributed by atoms with Gasteiger partial charge in [0.2, 0.25) is 5.91 Å². The van der Waals surface area contributed by atoms with Gasteiger partial charge in [0.15, 0.2) is 5.82 Å². The van der Waals surface area contributed by atoms with Gasteiger partial charge in [0.1, 0.15) is 11.6 Å². The molecule has 3 aromatic rings. The summed E-state index contributed by atoms with van der Waals surface area (Å²) in [4.78, 5) is 16.3. The summed E-state index contributed by atoms with van der Waals surface area (Å²) < 4.78 is 5.13. The van der Waals surface area contributed by atoms with E-state index in [1.807, 2.05) is 54.6 Å². The number of aromatic amines is 1. The molecular weight excluding hydrogens is 330 g/mol. The molecule has 1 amide bonds. The van der Waals surface area contributed by atoms with Crippen molar-refractivity contribution in [1.82, 2.24) is 20.5 Å². The highest BCUT2D eigenvalue weighted by Crippen LogP contribution is 2.15. The summed E-state index contributed by atoms with van der Waals surface area (Å²) >= 11 is 0. The number of hydrogen-bond acceptors (Lipinski definition) is 5. The summed E-state index contributed by atoms with van der Waals surface area (Å²) in [5.74, 6) is 1.84. The van der Waals surface area contributed by atoms with Crippen molar-refractivity contribution in [3.05, 3.63) is 71.8 Å². The third-order valence-corrected chi connectivity index (χ3v) is 3.78. The largest absolute Gasteiger partial charge is 0.497 e. The minimum Gasteiger partial charge on any atom is -0.497 e. The van der Waals surface area contributed by atoms with E-state index in [9.17, 15) is 4.79 Å². The number of anilines is 1. The van der Waals surface area contributed by atoms with Crippen LogP contribution >= 0.6 is 0 Å². The van der Waals surface area contributed by atoms with Crippen LogP contribution in [-0.4, -0.2) is 28.2 Å². The van der Waals surface area contributed by atoms with E-state index in [0.717, 1.165) is 17.0 Å². The van der Waals surface area contributed by atoms with Crippen molar-refractivity contribution in [3.63, 3.8) is 0 Å². The molecule has 0 saturated carbocycles. The van der Waals surface area contributed by atoms with Crippen molar-refractivity contribution >= 4 is 11.6 Å². The maximum absolute atomic E-state index is 12.0. The van der Waals surface area contributed by atoms with Crippen LogP contribution in [0.4, 0.5) is 5.69 Å². The smallest absolute Gasteiger partial charge is 0.228 e. The van der Waals surface area contributed by atoms with Gasteiger partial charge in [-0.1, -0.05) is 30.3 Å². The van der Waals surface area contributed by atoms with Gasteiger partial charge in [0.25, 0.3) is 0 Å². The Hall–Kier alpha value is -3.35. The second-order valence-corrected chi connectivity index (χ2v) is 5.72. The molecule has 0 atom stereocenters. The Morgan fingerprint density at radius 3 is 2.58 bits per heavy atom. The van der Waals surface area contributed by atoms with Crippen LogP contribution in [0.3, 0.4) is 0 Å². The molecule has 0 fully saturated rings. The Balaban J connectivity index is 1.45. The Morgan fingerprint density at radius 1 is 1.08 bits per heavy atom. The molecule has 7 nitrogen and oxygen atoms in total. The number of methoxy groups -OCH3 is 1. The average Bonchev–Trinajstić information content (AvgIpc) is 3.13. The van der Waals surface area contributed by atoms with E-state index < -0.39 is 0 Å². The summed E-state index contributed by atoms with van der Waals surface area (Å²) in [6, 6.07) is 17.4. The van der Waals surface area contributed by atoms with Crippen LogP contribution in [0.5, 0.6) is 5.75 Å². The fraction of sp³-hybridized carbons (Fsp3) is 0.211. The van der Waals surface area contributed by atoms with Gasteiger partial charge in [-0.3, -0.25) is 9.89 Å². The molecule has 0 radical (unpaired) electrons. The third kappa shape index (κ3) is 5.07. The molecule has 3 rings (SSSR count). The van der Waals surface area contributed by atoms with Crippen LogP contribution in [0, 0.1) is 0 Å². The zero-order valence-electron chi connectivity index (χ0n) is 14.5. The number of nitrogens with zero attached hydrogens (tertiary/aromatic N) is 2. The first kappa shape index (κ1) is 17.5. The number of rotatable bonds is 8. The molecule has 0 aliphatic heterocycles. The molecule has 1 aromatic heterocycles. The fourth-order valence-electron chi connectivity index (χ4n) is 2.39. The first-order chi connectivity index (χ1) is 12.7. The number of ether oxygens (including phenoxy) is 1. The van der Waals surface area contributed by atoms with E-state index >= 15 is 0 Å². The van der Waals surface area contributed by atoms with E-state index in [2.05, 4.69) is 25.8 Å². The number of H-pyrrole nitrogens is 1. The van der Waals surface area contributed by atoms with E-state index in [-0.39, 0.29) is 12.3 Å². The highest BCUT2D eigenvalue weighted by molar-refractivity contribution is 5.77. The summed E-state index contributed by atoms with van der Waals surface area (Å²) in [6.45, 7) is 0.987. The van der Waals surface area contributed by atoms with Crippen molar-refractivity contribution < 1.29 is 9.53 Å². The summed E-state index contributed by atoms with van der Waals surface area (Å²) in [6.07, 6.45) is 0.145. The average molecular weight is 351 g/mol. The van der Waals surface area contributed by atoms with Gasteiger partial charge >= 0.3 is 0 Å². The summed E-state index contributed by atoms with van der Waals surface area (Å²) in [5.41, 5.74) is 2.00. The van der Waals surface area contributed by atoms with Crippen molar-refractivity contribution in [2.45, 2.75) is 19.5 Å². The quantitative estimate of drug-likeness (QED) is 0.579. The molecule has 26 heavy (non-hydrogen) atoms. The molecule has 2 aromatic carbocycles. The number of aromatic nitrogens is 3. The molecule has 0 bridgehead atoms. The molecule has 0 saturated heterocycles. The van der Waals surface area contributed by atoms with Crippen molar-refractivity contribution in [3.8, 4) is 5.75 Å². The molecule has 134 valence electrons. The minimum absolute atomic E-state index is 0.109. The molecule has 1 heterocycles. The van der Waals surface area contributed by atoms with Gasteiger partial charge in [-0.05, 0) is 29.8 Å². The maximum Gasteiger partial charge on any atom is 0.228 e. The second kappa shape index (κ2) is 8.66. The SMILES string of the molecule is COc1ccc(NCc2nc(CC(=O)NCc3ccccc3)n[nH]2)cc1. The second-order valence-electron chi connectivity index (χ2n) is 5.72. The molecule has 3 N–H and O–H groups in total. The number of benzene rings is 2. The molecule has 0 aliphatic rings. The predicted molar refractivity (Wildman–Crippen MR) is 98.7 cm³/mol. The molecule has 0 unspecified atom stereocenters. The van der Waals surface area contributed by atoms with Crippen molar-refractivity contribution in [2.24, 2.45) is 0 Å². The molecule has 0 aliphatic carbocycles. The Bertz CT molecular complexity index is 831. The highest BCUT2D eigenvalue weighted by Gasteiger charge is 2.09. The normalized spacial score (nSPS) is 10.3. The summed E-state index contributed by atoms with van der Waals surface area (Å²) in [7, 11) is 1.63. The van der Waals surface area contributed by atoms with Crippen LogP contribution in [0.25, 0.3) is 0 Å². The van der Waals surface area contributed by atoms with Gasteiger partial charge in [-0.15, -0.1) is 0 Å². The molecule has 0 spiro atoms. The number of nitrogens with one attached hydrogen (secondary N) is 3. The first-order valence-corrected chi connectivity index (χ1v) is 8.31. The highest BCUT2D eigenvalue weighted by atomic mass is 16.5. The fourth-order valence-corrected chi connectivity index (χ4v) is 2.39. The Morgan fingerprint density at radius 2 is 1.85 bits per heavy atom. The lowest BCUT2D eigenvalue weighted by molar-refractivity contribution is -0.120. The van der Waals surface area contributed by atoms with Crippen molar-refractivity contribution in [2.75, 3.05) is 12.4 Å². The molecule has 7 heteroatoms. The predicted octanol–water partition coefficient (Wildman–Crippen LogP) is 2.28. The number of carbonyl (C=O) groups excluding carboxylic acids is 1. The van der Waals surface area contributed by atoms with E-state index in [4.69, 9.17) is 4.74 Å². The van der Waals surface area contributed by atoms with Crippen LogP contribution < -0.4 is 15.4 Å². The Kier molecular flexibility index (Phi) is 5.82. The van der Waals surface area contributed by atoms with E-state index in [1.54, 1.807) is 7.11 Å². The van der Waals surface area contributed by atoms with Crippen molar-refractivity contribution in [1.29, 1.82) is 0 Å². The van der Waals surface area contributed by atoms with Gasteiger partial charge in [-0.25, -0.2) is 4.98 Å². The zero-order valence-corrected chi connectivity index (χ0v) is 14.5. The summed E-state index contributed by atoms with van der Waals surface area (Å²) in [5, 5.41) is 13.0. The molecular formula is C19H21N5O2. The van der Waals surface area contributed by atoms with Gasteiger partial charge in [0, 0.05) is 12.2 Å². The van der Waals surface area contributed by atoms with Crippen LogP contribution in [0.1, 0.15) is 17.2 Å². The monoisotopic (exact) mass is 351 g/mol. The third-order valence-electron chi connectivity index (χ3n) is 3.78. The van der Waals surface area contributed by atoms with Gasteiger partial charge < -0.3 is 15.4 Å². The Labute approximate surface area is 151 Å². The number of hydrogen-bond donors (Lipinski definition) is 3. The van der Waals surface area contributed by atoms with Gasteiger partial charge in [-0.2, -0.15) is 5.10 Å². The standard InChI is InChI=1S/C19H21N5O2/c1-26-16-9-7-15(8-10-16)20-13-18-22-17(23-24-18)11-19(25)21-12-14-5-3-2-4-6-14/h2-10,20H,11-13H2,1H3,(H,21,25)(H,22,23,24). The topological polar surface area (TPSA) is 91.9 Å². The lowest BCUT2D eigenvalue weighted by Gasteiger charge is -2.05. The number of amides is 1. The van der Waals surface area contributed by atoms with Crippen LogP contribution in [0.2, 0.25) is 0 Å².